The molecule has 0 radical (unpaired) electrons. The Morgan fingerprint density at radius 1 is 0.476 bits per heavy atom. The summed E-state index contributed by atoms with van der Waals surface area (Å²) in [6, 6.07) is 0. The summed E-state index contributed by atoms with van der Waals surface area (Å²) < 4.78 is 0. The average Bonchev–Trinajstić information content (AvgIpc) is 2.42. The molecule has 2 aromatic rings. The Labute approximate surface area is 159 Å². The topological polar surface area (TPSA) is 37.8 Å². The van der Waals surface area contributed by atoms with E-state index in [0.29, 0.717) is 0 Å². The zero-order chi connectivity index (χ0) is 15.9. The summed E-state index contributed by atoms with van der Waals surface area (Å²) in [6.45, 7) is 0. The molecule has 21 heavy (non-hydrogen) atoms. The summed E-state index contributed by atoms with van der Waals surface area (Å²) in [6.07, 6.45) is 0. The van der Waals surface area contributed by atoms with Gasteiger partial charge in [0.25, 0.3) is 0 Å². The predicted octanol–water partition coefficient (Wildman–Crippen LogP) is 7.45. The van der Waals surface area contributed by atoms with Crippen molar-refractivity contribution in [2.75, 3.05) is 5.32 Å². The van der Waals surface area contributed by atoms with Gasteiger partial charge in [-0.1, -0.05) is 92.8 Å². The van der Waals surface area contributed by atoms with Crippen LogP contribution in [0, 0.1) is 0 Å². The van der Waals surface area contributed by atoms with Crippen LogP contribution in [0.15, 0.2) is 0 Å². The Morgan fingerprint density at radius 3 is 0.952 bits per heavy atom. The van der Waals surface area contributed by atoms with Crippen LogP contribution in [0.5, 0.6) is 0 Å². The van der Waals surface area contributed by atoms with E-state index in [9.17, 15) is 0 Å². The number of hydrogen-bond donors (Lipinski definition) is 1. The standard InChI is InChI=1S/C10HCl8N3/c11-1-5(2(12)8(16)20-7(1)15)19-6-3(13)9(17)21-10(18)4(6)14/h(H,19,20,21). The molecule has 0 bridgehead atoms. The first-order valence-corrected chi connectivity index (χ1v) is 7.93. The third kappa shape index (κ3) is 3.51. The van der Waals surface area contributed by atoms with Crippen LogP contribution < -0.4 is 5.32 Å². The highest BCUT2D eigenvalue weighted by molar-refractivity contribution is 6.51. The maximum Gasteiger partial charge on any atom is 0.151 e. The van der Waals surface area contributed by atoms with Crippen molar-refractivity contribution in [3.05, 3.63) is 40.7 Å². The predicted molar refractivity (Wildman–Crippen MR) is 91.8 cm³/mol. The van der Waals surface area contributed by atoms with Gasteiger partial charge in [-0.25, -0.2) is 9.97 Å². The van der Waals surface area contributed by atoms with E-state index in [2.05, 4.69) is 15.3 Å². The fraction of sp³-hybridized carbons (Fsp3) is 0. The minimum atomic E-state index is -0.0490. The van der Waals surface area contributed by atoms with Crippen molar-refractivity contribution in [2.45, 2.75) is 0 Å². The maximum absolute atomic E-state index is 6.04. The van der Waals surface area contributed by atoms with Crippen molar-refractivity contribution >= 4 is 104 Å². The van der Waals surface area contributed by atoms with Crippen LogP contribution in [0.25, 0.3) is 0 Å². The summed E-state index contributed by atoms with van der Waals surface area (Å²) in [7, 11) is 0. The molecular weight excluding hydrogens is 446 g/mol. The van der Waals surface area contributed by atoms with Gasteiger partial charge in [-0.2, -0.15) is 0 Å². The summed E-state index contributed by atoms with van der Waals surface area (Å²) in [5, 5.41) is 2.72. The second kappa shape index (κ2) is 6.90. The van der Waals surface area contributed by atoms with Crippen LogP contribution in [0.3, 0.4) is 0 Å². The third-order valence-electron chi connectivity index (χ3n) is 2.25. The third-order valence-corrected chi connectivity index (χ3v) is 5.20. The van der Waals surface area contributed by atoms with Gasteiger partial charge in [0.1, 0.15) is 20.1 Å². The van der Waals surface area contributed by atoms with E-state index in [-0.39, 0.29) is 52.1 Å². The van der Waals surface area contributed by atoms with Crippen LogP contribution >= 0.6 is 92.8 Å². The van der Waals surface area contributed by atoms with E-state index < -0.39 is 0 Å². The zero-order valence-corrected chi connectivity index (χ0v) is 15.5. The van der Waals surface area contributed by atoms with Gasteiger partial charge in [-0.05, 0) is 0 Å². The Hall–Kier alpha value is 0.420. The molecule has 0 atom stereocenters. The maximum atomic E-state index is 6.04. The SMILES string of the molecule is Clc1nc(Cl)c(Cl)c(Nc2c(Cl)c(Cl)nc(Cl)c2Cl)c1Cl. The van der Waals surface area contributed by atoms with Gasteiger partial charge < -0.3 is 5.32 Å². The van der Waals surface area contributed by atoms with E-state index in [4.69, 9.17) is 92.8 Å². The Balaban J connectivity index is 2.64. The fourth-order valence-electron chi connectivity index (χ4n) is 1.32. The van der Waals surface area contributed by atoms with Crippen molar-refractivity contribution < 1.29 is 0 Å². The van der Waals surface area contributed by atoms with Crippen molar-refractivity contribution in [3.8, 4) is 0 Å². The second-order valence-electron chi connectivity index (χ2n) is 3.52. The molecule has 2 rings (SSSR count). The monoisotopic (exact) mass is 443 g/mol. The van der Waals surface area contributed by atoms with E-state index in [0.717, 1.165) is 0 Å². The van der Waals surface area contributed by atoms with Crippen LogP contribution in [0.4, 0.5) is 11.4 Å². The highest BCUT2D eigenvalue weighted by Crippen LogP contribution is 2.45. The lowest BCUT2D eigenvalue weighted by atomic mass is 10.3. The van der Waals surface area contributed by atoms with Gasteiger partial charge in [0.15, 0.2) is 20.6 Å². The van der Waals surface area contributed by atoms with Crippen LogP contribution in [0.1, 0.15) is 0 Å². The first-order valence-electron chi connectivity index (χ1n) is 4.91. The first kappa shape index (κ1) is 17.8. The molecule has 0 aromatic carbocycles. The highest BCUT2D eigenvalue weighted by Gasteiger charge is 2.21. The smallest absolute Gasteiger partial charge is 0.151 e. The van der Waals surface area contributed by atoms with Gasteiger partial charge in [0.2, 0.25) is 0 Å². The zero-order valence-electron chi connectivity index (χ0n) is 9.42. The summed E-state index contributed by atoms with van der Waals surface area (Å²) in [4.78, 5) is 7.50. The lowest BCUT2D eigenvalue weighted by molar-refractivity contribution is 1.31. The average molecular weight is 447 g/mol. The van der Waals surface area contributed by atoms with Crippen molar-refractivity contribution in [1.29, 1.82) is 0 Å². The molecule has 0 unspecified atom stereocenters. The van der Waals surface area contributed by atoms with Crippen molar-refractivity contribution in [2.24, 2.45) is 0 Å². The molecule has 1 N–H and O–H groups in total. The minimum absolute atomic E-state index is 0.0299. The van der Waals surface area contributed by atoms with Crippen LogP contribution in [0.2, 0.25) is 40.7 Å². The quantitative estimate of drug-likeness (QED) is 0.487. The Bertz CT molecular complexity index is 619. The summed E-state index contributed by atoms with van der Waals surface area (Å²) in [5.74, 6) is 0. The molecule has 2 heterocycles. The van der Waals surface area contributed by atoms with Gasteiger partial charge >= 0.3 is 0 Å². The van der Waals surface area contributed by atoms with E-state index in [1.807, 2.05) is 0 Å². The van der Waals surface area contributed by atoms with Gasteiger partial charge in [-0.3, -0.25) is 0 Å². The van der Waals surface area contributed by atoms with Crippen LogP contribution in [-0.4, -0.2) is 9.97 Å². The summed E-state index contributed by atoms with van der Waals surface area (Å²) in [5.41, 5.74) is 0.316. The van der Waals surface area contributed by atoms with Gasteiger partial charge in [-0.15, -0.1) is 0 Å². The number of aromatic nitrogens is 2. The molecule has 0 aliphatic rings. The second-order valence-corrected chi connectivity index (χ2v) is 6.46. The number of nitrogens with zero attached hydrogens (tertiary/aromatic N) is 2. The van der Waals surface area contributed by atoms with Crippen molar-refractivity contribution in [1.82, 2.24) is 9.97 Å². The van der Waals surface area contributed by atoms with Gasteiger partial charge in [0.05, 0.1) is 11.4 Å². The molecule has 2 aromatic heterocycles. The highest BCUT2D eigenvalue weighted by atomic mass is 35.5. The number of pyridine rings is 2. The number of anilines is 2. The lowest BCUT2D eigenvalue weighted by Gasteiger charge is -2.15. The van der Waals surface area contributed by atoms with Crippen LogP contribution in [-0.2, 0) is 0 Å². The molecule has 112 valence electrons. The number of halogens is 8. The number of rotatable bonds is 2. The molecule has 0 amide bonds. The normalized spacial score (nSPS) is 10.9. The van der Waals surface area contributed by atoms with E-state index in [1.165, 1.54) is 0 Å². The Morgan fingerprint density at radius 2 is 0.714 bits per heavy atom. The van der Waals surface area contributed by atoms with E-state index in [1.54, 1.807) is 0 Å². The lowest BCUT2D eigenvalue weighted by Crippen LogP contribution is -1.99. The molecule has 0 aliphatic heterocycles. The molecule has 0 saturated heterocycles. The minimum Gasteiger partial charge on any atom is -0.350 e. The summed E-state index contributed by atoms with van der Waals surface area (Å²) >= 11 is 47.5. The Kier molecular flexibility index (Phi) is 5.83. The van der Waals surface area contributed by atoms with Crippen molar-refractivity contribution in [3.63, 3.8) is 0 Å². The van der Waals surface area contributed by atoms with Gasteiger partial charge in [0, 0.05) is 0 Å². The van der Waals surface area contributed by atoms with E-state index >= 15 is 0 Å². The first-order chi connectivity index (χ1) is 9.73. The number of hydrogen-bond acceptors (Lipinski definition) is 3. The largest absolute Gasteiger partial charge is 0.350 e. The molecule has 0 spiro atoms. The molecule has 0 saturated carbocycles. The molecule has 3 nitrogen and oxygen atoms in total. The molecular formula is C10HCl8N3. The fourth-order valence-corrected chi connectivity index (χ4v) is 2.95. The molecule has 0 aliphatic carbocycles. The molecule has 0 fully saturated rings. The number of nitrogens with one attached hydrogen (secondary N) is 1. The molecule has 11 heteroatoms.